The normalized spacial score (nSPS) is 24.5. The van der Waals surface area contributed by atoms with Gasteiger partial charge >= 0.3 is 0 Å². The summed E-state index contributed by atoms with van der Waals surface area (Å²) in [7, 11) is 0. The van der Waals surface area contributed by atoms with E-state index in [1.807, 2.05) is 11.0 Å². The molecule has 2 amide bonds. The summed E-state index contributed by atoms with van der Waals surface area (Å²) >= 11 is 4.72. The molecule has 2 aliphatic rings. The minimum absolute atomic E-state index is 0. The molecule has 8 heteroatoms. The van der Waals surface area contributed by atoms with Gasteiger partial charge in [-0.2, -0.15) is 0 Å². The molecule has 128 valence electrons. The number of hydrogen-bond donors (Lipinski definition) is 2. The SMILES string of the molecule is CC(NC(=O)c1ccc(Br)s1)C(=O)N1C2CCNCC1CC2.Cl. The molecule has 0 radical (unpaired) electrons. The highest BCUT2D eigenvalue weighted by Crippen LogP contribution is 2.28. The zero-order valence-electron chi connectivity index (χ0n) is 12.9. The number of nitrogens with one attached hydrogen (secondary N) is 2. The third-order valence-electron chi connectivity index (χ3n) is 4.42. The summed E-state index contributed by atoms with van der Waals surface area (Å²) < 4.78 is 0.910. The molecule has 1 aromatic heterocycles. The van der Waals surface area contributed by atoms with Crippen LogP contribution < -0.4 is 10.6 Å². The molecular weight excluding hydrogens is 402 g/mol. The van der Waals surface area contributed by atoms with E-state index in [0.29, 0.717) is 10.9 Å². The summed E-state index contributed by atoms with van der Waals surface area (Å²) in [6.45, 7) is 3.61. The van der Waals surface area contributed by atoms with Crippen LogP contribution in [-0.4, -0.2) is 47.9 Å². The molecule has 2 fully saturated rings. The average Bonchev–Trinajstić information content (AvgIpc) is 3.00. The number of fused-ring (bicyclic) bond motifs is 2. The first-order valence-electron chi connectivity index (χ1n) is 7.65. The summed E-state index contributed by atoms with van der Waals surface area (Å²) in [5.41, 5.74) is 0. The smallest absolute Gasteiger partial charge is 0.262 e. The van der Waals surface area contributed by atoms with Gasteiger partial charge in [-0.15, -0.1) is 23.7 Å². The van der Waals surface area contributed by atoms with Crippen molar-refractivity contribution in [3.63, 3.8) is 0 Å². The van der Waals surface area contributed by atoms with Gasteiger partial charge in [-0.1, -0.05) is 0 Å². The minimum Gasteiger partial charge on any atom is -0.340 e. The van der Waals surface area contributed by atoms with Crippen molar-refractivity contribution in [3.05, 3.63) is 20.8 Å². The van der Waals surface area contributed by atoms with Crippen molar-refractivity contribution >= 4 is 51.5 Å². The molecule has 0 aliphatic carbocycles. The van der Waals surface area contributed by atoms with Gasteiger partial charge in [-0.25, -0.2) is 0 Å². The van der Waals surface area contributed by atoms with Crippen LogP contribution in [0.25, 0.3) is 0 Å². The van der Waals surface area contributed by atoms with Crippen molar-refractivity contribution in [3.8, 4) is 0 Å². The lowest BCUT2D eigenvalue weighted by atomic mass is 10.1. The lowest BCUT2D eigenvalue weighted by molar-refractivity contribution is -0.135. The molecule has 2 N–H and O–H groups in total. The number of hydrogen-bond acceptors (Lipinski definition) is 4. The fraction of sp³-hybridized carbons (Fsp3) is 0.600. The molecule has 0 aromatic carbocycles. The van der Waals surface area contributed by atoms with E-state index >= 15 is 0 Å². The van der Waals surface area contributed by atoms with E-state index in [0.717, 1.165) is 36.1 Å². The summed E-state index contributed by atoms with van der Waals surface area (Å²) in [4.78, 5) is 27.6. The van der Waals surface area contributed by atoms with Gasteiger partial charge in [-0.05, 0) is 60.8 Å². The van der Waals surface area contributed by atoms with Gasteiger partial charge in [0.05, 0.1) is 8.66 Å². The van der Waals surface area contributed by atoms with Gasteiger partial charge in [0, 0.05) is 18.6 Å². The predicted molar refractivity (Wildman–Crippen MR) is 97.3 cm³/mol. The second-order valence-electron chi connectivity index (χ2n) is 5.92. The highest BCUT2D eigenvalue weighted by Gasteiger charge is 2.39. The Morgan fingerprint density at radius 2 is 2.09 bits per heavy atom. The predicted octanol–water partition coefficient (Wildman–Crippen LogP) is 2.40. The molecule has 2 saturated heterocycles. The quantitative estimate of drug-likeness (QED) is 0.786. The Morgan fingerprint density at radius 1 is 1.35 bits per heavy atom. The van der Waals surface area contributed by atoms with Crippen LogP contribution >= 0.6 is 39.7 Å². The van der Waals surface area contributed by atoms with Gasteiger partial charge in [0.15, 0.2) is 0 Å². The molecule has 23 heavy (non-hydrogen) atoms. The maximum atomic E-state index is 12.8. The molecule has 1 aromatic rings. The first-order valence-corrected chi connectivity index (χ1v) is 9.26. The Kier molecular flexibility index (Phi) is 6.48. The van der Waals surface area contributed by atoms with E-state index < -0.39 is 6.04 Å². The molecule has 2 bridgehead atoms. The zero-order valence-corrected chi connectivity index (χ0v) is 16.1. The molecule has 0 spiro atoms. The Hall–Kier alpha value is -0.630. The number of thiophene rings is 1. The lowest BCUT2D eigenvalue weighted by Crippen LogP contribution is -2.51. The molecule has 3 heterocycles. The van der Waals surface area contributed by atoms with Crippen molar-refractivity contribution in [2.24, 2.45) is 0 Å². The largest absolute Gasteiger partial charge is 0.340 e. The standard InChI is InChI=1S/C15H20BrN3O2S.ClH/c1-9(18-14(20)12-4-5-13(16)22-12)15(21)19-10-2-3-11(19)8-17-7-6-10;/h4-5,9-11,17H,2-3,6-8H2,1H3,(H,18,20);1H. The fourth-order valence-electron chi connectivity index (χ4n) is 3.33. The molecule has 3 unspecified atom stereocenters. The molecular formula is C15H21BrClN3O2S. The van der Waals surface area contributed by atoms with Crippen LogP contribution in [0.3, 0.4) is 0 Å². The lowest BCUT2D eigenvalue weighted by Gasteiger charge is -2.30. The average molecular weight is 423 g/mol. The molecule has 5 nitrogen and oxygen atoms in total. The van der Waals surface area contributed by atoms with Gasteiger partial charge in [0.25, 0.3) is 5.91 Å². The molecule has 3 atom stereocenters. The number of amides is 2. The first-order chi connectivity index (χ1) is 10.6. The van der Waals surface area contributed by atoms with Gasteiger partial charge < -0.3 is 15.5 Å². The topological polar surface area (TPSA) is 61.4 Å². The number of carbonyl (C=O) groups is 2. The van der Waals surface area contributed by atoms with Crippen molar-refractivity contribution in [1.29, 1.82) is 0 Å². The highest BCUT2D eigenvalue weighted by atomic mass is 79.9. The minimum atomic E-state index is -0.491. The number of rotatable bonds is 3. The Balaban J connectivity index is 0.00000192. The van der Waals surface area contributed by atoms with E-state index in [1.54, 1.807) is 13.0 Å². The van der Waals surface area contributed by atoms with Crippen LogP contribution in [0.1, 0.15) is 35.9 Å². The monoisotopic (exact) mass is 421 g/mol. The van der Waals surface area contributed by atoms with E-state index in [2.05, 4.69) is 26.6 Å². The molecule has 3 rings (SSSR count). The Bertz CT molecular complexity index is 569. The number of halogens is 2. The van der Waals surface area contributed by atoms with Crippen LogP contribution in [-0.2, 0) is 4.79 Å². The fourth-order valence-corrected chi connectivity index (χ4v) is 4.62. The summed E-state index contributed by atoms with van der Waals surface area (Å²) in [6, 6.07) is 3.71. The summed E-state index contributed by atoms with van der Waals surface area (Å²) in [5.74, 6) is -0.142. The van der Waals surface area contributed by atoms with Crippen LogP contribution in [0.2, 0.25) is 0 Å². The van der Waals surface area contributed by atoms with E-state index in [9.17, 15) is 9.59 Å². The van der Waals surface area contributed by atoms with Crippen LogP contribution in [0.5, 0.6) is 0 Å². The van der Waals surface area contributed by atoms with Crippen molar-refractivity contribution < 1.29 is 9.59 Å². The number of carbonyl (C=O) groups excluding carboxylic acids is 2. The molecule has 2 aliphatic heterocycles. The number of nitrogens with zero attached hydrogens (tertiary/aromatic N) is 1. The maximum Gasteiger partial charge on any atom is 0.262 e. The molecule has 0 saturated carbocycles. The third-order valence-corrected chi connectivity index (χ3v) is 6.05. The highest BCUT2D eigenvalue weighted by molar-refractivity contribution is 9.11. The van der Waals surface area contributed by atoms with Gasteiger partial charge in [0.1, 0.15) is 6.04 Å². The van der Waals surface area contributed by atoms with Crippen LogP contribution in [0.4, 0.5) is 0 Å². The summed E-state index contributed by atoms with van der Waals surface area (Å²) in [5, 5.41) is 6.22. The van der Waals surface area contributed by atoms with Crippen LogP contribution in [0.15, 0.2) is 15.9 Å². The van der Waals surface area contributed by atoms with Crippen molar-refractivity contribution in [2.75, 3.05) is 13.1 Å². The third kappa shape index (κ3) is 4.07. The first kappa shape index (κ1) is 18.7. The maximum absolute atomic E-state index is 12.8. The summed E-state index contributed by atoms with van der Waals surface area (Å²) in [6.07, 6.45) is 3.14. The zero-order chi connectivity index (χ0) is 15.7. The Labute approximate surface area is 154 Å². The Morgan fingerprint density at radius 3 is 2.78 bits per heavy atom. The van der Waals surface area contributed by atoms with E-state index in [4.69, 9.17) is 0 Å². The van der Waals surface area contributed by atoms with Crippen LogP contribution in [0, 0.1) is 0 Å². The van der Waals surface area contributed by atoms with E-state index in [-0.39, 0.29) is 30.3 Å². The van der Waals surface area contributed by atoms with Crippen molar-refractivity contribution in [2.45, 2.75) is 44.3 Å². The van der Waals surface area contributed by atoms with Gasteiger partial charge in [-0.3, -0.25) is 9.59 Å². The van der Waals surface area contributed by atoms with Crippen molar-refractivity contribution in [1.82, 2.24) is 15.5 Å². The second-order valence-corrected chi connectivity index (χ2v) is 8.39. The second kappa shape index (κ2) is 7.96. The van der Waals surface area contributed by atoms with E-state index in [1.165, 1.54) is 11.3 Å². The van der Waals surface area contributed by atoms with Gasteiger partial charge in [0.2, 0.25) is 5.91 Å².